The predicted octanol–water partition coefficient (Wildman–Crippen LogP) is 4.88. The Hall–Kier alpha value is -1.85. The highest BCUT2D eigenvalue weighted by atomic mass is 79.9. The first-order valence-corrected chi connectivity index (χ1v) is 11.9. The van der Waals surface area contributed by atoms with E-state index in [1.165, 1.54) is 11.8 Å². The molecule has 0 saturated heterocycles. The van der Waals surface area contributed by atoms with Crippen molar-refractivity contribution in [2.45, 2.75) is 76.4 Å². The topological polar surface area (TPSA) is 87.8 Å². The summed E-state index contributed by atoms with van der Waals surface area (Å²) in [5, 5.41) is 12.9. The Labute approximate surface area is 190 Å². The van der Waals surface area contributed by atoms with E-state index in [1.807, 2.05) is 19.9 Å². The molecule has 0 saturated carbocycles. The Balaban J connectivity index is 2.38. The third-order valence-electron chi connectivity index (χ3n) is 5.29. The first kappa shape index (κ1) is 24.4. The van der Waals surface area contributed by atoms with Gasteiger partial charge in [0.15, 0.2) is 5.16 Å². The van der Waals surface area contributed by atoms with Gasteiger partial charge in [0, 0.05) is 11.0 Å². The van der Waals surface area contributed by atoms with Crippen LogP contribution in [0.2, 0.25) is 0 Å². The maximum Gasteiger partial charge on any atom is 0.262 e. The molecule has 0 spiro atoms. The van der Waals surface area contributed by atoms with E-state index in [9.17, 15) is 14.9 Å². The van der Waals surface area contributed by atoms with Crippen LogP contribution in [0.3, 0.4) is 0 Å². The maximum atomic E-state index is 13.2. The molecule has 0 aliphatic carbocycles. The fourth-order valence-corrected chi connectivity index (χ4v) is 4.15. The summed E-state index contributed by atoms with van der Waals surface area (Å²) in [4.78, 5) is 30.6. The number of halogens is 1. The molecule has 2 unspecified atom stereocenters. The Bertz CT molecular complexity index is 1010. The predicted molar refractivity (Wildman–Crippen MR) is 126 cm³/mol. The maximum absolute atomic E-state index is 13.2. The van der Waals surface area contributed by atoms with E-state index in [0.29, 0.717) is 22.6 Å². The molecule has 1 N–H and O–H groups in total. The Morgan fingerprint density at radius 3 is 2.67 bits per heavy atom. The van der Waals surface area contributed by atoms with Crippen LogP contribution in [-0.4, -0.2) is 26.2 Å². The zero-order valence-electron chi connectivity index (χ0n) is 18.2. The molecule has 2 aromatic rings. The lowest BCUT2D eigenvalue weighted by Crippen LogP contribution is -2.51. The van der Waals surface area contributed by atoms with Crippen molar-refractivity contribution in [3.05, 3.63) is 33.0 Å². The second-order valence-corrected chi connectivity index (χ2v) is 10.2. The van der Waals surface area contributed by atoms with Crippen molar-refractivity contribution >= 4 is 44.5 Å². The second kappa shape index (κ2) is 10.5. The summed E-state index contributed by atoms with van der Waals surface area (Å²) < 4.78 is 2.50. The summed E-state index contributed by atoms with van der Waals surface area (Å²) >= 11 is 4.67. The number of nitrogens with zero attached hydrogens (tertiary/aromatic N) is 3. The van der Waals surface area contributed by atoms with Crippen molar-refractivity contribution in [1.82, 2.24) is 14.9 Å². The van der Waals surface area contributed by atoms with Crippen molar-refractivity contribution in [3.63, 3.8) is 0 Å². The Kier molecular flexibility index (Phi) is 8.51. The van der Waals surface area contributed by atoms with E-state index in [4.69, 9.17) is 4.98 Å². The van der Waals surface area contributed by atoms with Crippen molar-refractivity contribution in [1.29, 1.82) is 5.26 Å². The van der Waals surface area contributed by atoms with Gasteiger partial charge in [-0.1, -0.05) is 61.3 Å². The average Bonchev–Trinajstić information content (AvgIpc) is 2.70. The molecule has 162 valence electrons. The highest BCUT2D eigenvalue weighted by Gasteiger charge is 2.32. The number of rotatable bonds is 9. The largest absolute Gasteiger partial charge is 0.337 e. The van der Waals surface area contributed by atoms with Gasteiger partial charge < -0.3 is 5.32 Å². The number of fused-ring (bicyclic) bond motifs is 1. The SMILES string of the molecule is CCCCCn1c(SC(C)C(=O)NC(C)(C#N)C(C)C)nc2ccc(Br)cc2c1=O. The summed E-state index contributed by atoms with van der Waals surface area (Å²) in [5.74, 6) is -0.281. The van der Waals surface area contributed by atoms with Gasteiger partial charge in [-0.2, -0.15) is 5.26 Å². The average molecular weight is 493 g/mol. The number of aromatic nitrogens is 2. The van der Waals surface area contributed by atoms with Crippen molar-refractivity contribution in [3.8, 4) is 6.07 Å². The van der Waals surface area contributed by atoms with Gasteiger partial charge >= 0.3 is 0 Å². The lowest BCUT2D eigenvalue weighted by molar-refractivity contribution is -0.121. The Morgan fingerprint density at radius 1 is 1.37 bits per heavy atom. The van der Waals surface area contributed by atoms with Crippen molar-refractivity contribution < 1.29 is 4.79 Å². The number of hydrogen-bond donors (Lipinski definition) is 1. The van der Waals surface area contributed by atoms with E-state index in [1.54, 1.807) is 30.5 Å². The molecule has 0 fully saturated rings. The van der Waals surface area contributed by atoms with Crippen LogP contribution in [0, 0.1) is 17.2 Å². The standard InChI is InChI=1S/C22H29BrN4O2S/c1-6-7-8-11-27-20(29)17-12-16(23)9-10-18(17)25-21(27)30-15(4)19(28)26-22(5,13-24)14(2)3/h9-10,12,14-15H,6-8,11H2,1-5H3,(H,26,28). The van der Waals surface area contributed by atoms with Gasteiger partial charge in [-0.15, -0.1) is 0 Å². The monoisotopic (exact) mass is 492 g/mol. The highest BCUT2D eigenvalue weighted by molar-refractivity contribution is 9.10. The van der Waals surface area contributed by atoms with E-state index < -0.39 is 10.8 Å². The van der Waals surface area contributed by atoms with E-state index >= 15 is 0 Å². The van der Waals surface area contributed by atoms with E-state index in [2.05, 4.69) is 34.2 Å². The number of carbonyl (C=O) groups is 1. The van der Waals surface area contributed by atoms with Crippen LogP contribution in [0.15, 0.2) is 32.6 Å². The summed E-state index contributed by atoms with van der Waals surface area (Å²) in [6.45, 7) is 9.96. The number of nitrogens with one attached hydrogen (secondary N) is 1. The van der Waals surface area contributed by atoms with Gasteiger partial charge in [0.2, 0.25) is 5.91 Å². The third kappa shape index (κ3) is 5.64. The second-order valence-electron chi connectivity index (χ2n) is 7.94. The van der Waals surface area contributed by atoms with E-state index in [-0.39, 0.29) is 17.4 Å². The van der Waals surface area contributed by atoms with Gasteiger partial charge in [0.1, 0.15) is 5.54 Å². The van der Waals surface area contributed by atoms with Gasteiger partial charge in [0.05, 0.1) is 22.2 Å². The van der Waals surface area contributed by atoms with Gasteiger partial charge in [-0.05, 0) is 44.4 Å². The molecule has 1 aromatic heterocycles. The molecule has 1 aromatic carbocycles. The van der Waals surface area contributed by atoms with Crippen LogP contribution in [0.5, 0.6) is 0 Å². The lowest BCUT2D eigenvalue weighted by atomic mass is 9.90. The van der Waals surface area contributed by atoms with Gasteiger partial charge in [0.25, 0.3) is 5.56 Å². The molecule has 1 amide bonds. The molecule has 0 radical (unpaired) electrons. The summed E-state index contributed by atoms with van der Waals surface area (Å²) in [6.07, 6.45) is 2.92. The number of nitriles is 1. The van der Waals surface area contributed by atoms with Crippen LogP contribution >= 0.6 is 27.7 Å². The van der Waals surface area contributed by atoms with Gasteiger partial charge in [-0.25, -0.2) is 4.98 Å². The summed E-state index contributed by atoms with van der Waals surface area (Å²) in [5.41, 5.74) is -0.443. The first-order valence-electron chi connectivity index (χ1n) is 10.2. The summed E-state index contributed by atoms with van der Waals surface area (Å²) in [6, 6.07) is 7.63. The molecule has 0 aliphatic rings. The number of unbranched alkanes of at least 4 members (excludes halogenated alkanes) is 2. The molecule has 2 atom stereocenters. The number of thioether (sulfide) groups is 1. The van der Waals surface area contributed by atoms with Crippen LogP contribution in [-0.2, 0) is 11.3 Å². The zero-order valence-corrected chi connectivity index (χ0v) is 20.6. The molecule has 0 bridgehead atoms. The van der Waals surface area contributed by atoms with Crippen LogP contribution < -0.4 is 10.9 Å². The lowest BCUT2D eigenvalue weighted by Gasteiger charge is -2.28. The van der Waals surface area contributed by atoms with Crippen molar-refractivity contribution in [2.75, 3.05) is 0 Å². The van der Waals surface area contributed by atoms with E-state index in [0.717, 1.165) is 23.7 Å². The van der Waals surface area contributed by atoms with Crippen molar-refractivity contribution in [2.24, 2.45) is 5.92 Å². The molecule has 2 rings (SSSR count). The molecular formula is C22H29BrN4O2S. The number of benzene rings is 1. The molecule has 30 heavy (non-hydrogen) atoms. The fraction of sp³-hybridized carbons (Fsp3) is 0.545. The number of amides is 1. The quantitative estimate of drug-likeness (QED) is 0.306. The molecule has 1 heterocycles. The van der Waals surface area contributed by atoms with Crippen LogP contribution in [0.4, 0.5) is 0 Å². The number of carbonyl (C=O) groups excluding carboxylic acids is 1. The summed E-state index contributed by atoms with van der Waals surface area (Å²) in [7, 11) is 0. The zero-order chi connectivity index (χ0) is 22.5. The highest BCUT2D eigenvalue weighted by Crippen LogP contribution is 2.25. The van der Waals surface area contributed by atoms with Crippen LogP contribution in [0.1, 0.15) is 53.9 Å². The fourth-order valence-electron chi connectivity index (χ4n) is 2.85. The minimum atomic E-state index is -0.949. The minimum absolute atomic E-state index is 0.0342. The third-order valence-corrected chi connectivity index (χ3v) is 6.87. The van der Waals surface area contributed by atoms with Gasteiger partial charge in [-0.3, -0.25) is 14.2 Å². The molecular weight excluding hydrogens is 464 g/mol. The smallest absolute Gasteiger partial charge is 0.262 e. The molecule has 6 nitrogen and oxygen atoms in total. The molecule has 8 heteroatoms. The number of hydrogen-bond acceptors (Lipinski definition) is 5. The normalized spacial score (nSPS) is 14.3. The Morgan fingerprint density at radius 2 is 2.07 bits per heavy atom. The minimum Gasteiger partial charge on any atom is -0.337 e. The first-order chi connectivity index (χ1) is 14.1. The molecule has 0 aliphatic heterocycles. The van der Waals surface area contributed by atoms with Crippen LogP contribution in [0.25, 0.3) is 10.9 Å².